The molecule has 0 bridgehead atoms. The lowest BCUT2D eigenvalue weighted by molar-refractivity contribution is -0.119. The van der Waals surface area contributed by atoms with E-state index in [1.807, 2.05) is 24.3 Å². The second-order valence-corrected chi connectivity index (χ2v) is 6.15. The summed E-state index contributed by atoms with van der Waals surface area (Å²) in [7, 11) is 0. The van der Waals surface area contributed by atoms with Crippen LogP contribution in [0.2, 0.25) is 0 Å². The Hall–Kier alpha value is -2.89. The molecule has 25 heavy (non-hydrogen) atoms. The first-order valence-electron chi connectivity index (χ1n) is 8.18. The molecule has 5 nitrogen and oxygen atoms in total. The molecular formula is C19H20FN3O2. The first-order valence-corrected chi connectivity index (χ1v) is 8.18. The van der Waals surface area contributed by atoms with E-state index in [0.717, 1.165) is 17.7 Å². The molecule has 1 unspecified atom stereocenters. The van der Waals surface area contributed by atoms with Gasteiger partial charge in [-0.3, -0.25) is 4.79 Å². The summed E-state index contributed by atoms with van der Waals surface area (Å²) in [6.45, 7) is 3.89. The molecule has 3 rings (SSSR count). The lowest BCUT2D eigenvalue weighted by atomic mass is 10.2. The van der Waals surface area contributed by atoms with Crippen LogP contribution in [-0.2, 0) is 11.2 Å². The Morgan fingerprint density at radius 2 is 1.96 bits per heavy atom. The molecule has 1 atom stereocenters. The summed E-state index contributed by atoms with van der Waals surface area (Å²) < 4.78 is 13.5. The van der Waals surface area contributed by atoms with E-state index in [4.69, 9.17) is 0 Å². The van der Waals surface area contributed by atoms with Crippen LogP contribution in [0.25, 0.3) is 0 Å². The Morgan fingerprint density at radius 3 is 2.72 bits per heavy atom. The summed E-state index contributed by atoms with van der Waals surface area (Å²) >= 11 is 0. The minimum Gasteiger partial charge on any atom is -0.326 e. The highest BCUT2D eigenvalue weighted by atomic mass is 19.1. The summed E-state index contributed by atoms with van der Waals surface area (Å²) in [5.41, 5.74) is 2.86. The number of amides is 3. The van der Waals surface area contributed by atoms with Crippen LogP contribution in [0.15, 0.2) is 42.5 Å². The third kappa shape index (κ3) is 3.63. The second-order valence-electron chi connectivity index (χ2n) is 6.15. The number of rotatable bonds is 3. The standard InChI is InChI=1S/C19H20FN3O2/c1-12-7-8-15(11-16(12)20)22-19(25)21-13(2)18(24)23-10-9-14-5-3-4-6-17(14)23/h3-8,11,13H,9-10H2,1-2H3,(H2,21,22,25). The molecule has 2 N–H and O–H groups in total. The second kappa shape index (κ2) is 6.93. The van der Waals surface area contributed by atoms with Crippen LogP contribution in [0.1, 0.15) is 18.1 Å². The number of para-hydroxylation sites is 1. The van der Waals surface area contributed by atoms with Gasteiger partial charge in [-0.1, -0.05) is 24.3 Å². The Balaban J connectivity index is 1.62. The molecule has 0 spiro atoms. The maximum Gasteiger partial charge on any atom is 0.319 e. The van der Waals surface area contributed by atoms with Crippen molar-refractivity contribution in [2.45, 2.75) is 26.3 Å². The SMILES string of the molecule is Cc1ccc(NC(=O)NC(C)C(=O)N2CCc3ccccc32)cc1F. The topological polar surface area (TPSA) is 61.4 Å². The fourth-order valence-corrected chi connectivity index (χ4v) is 2.90. The van der Waals surface area contributed by atoms with Gasteiger partial charge in [-0.15, -0.1) is 0 Å². The third-order valence-electron chi connectivity index (χ3n) is 4.30. The van der Waals surface area contributed by atoms with Gasteiger partial charge in [0.25, 0.3) is 0 Å². The molecule has 3 amide bonds. The van der Waals surface area contributed by atoms with Crippen molar-refractivity contribution in [1.82, 2.24) is 5.32 Å². The maximum atomic E-state index is 13.5. The van der Waals surface area contributed by atoms with Crippen molar-refractivity contribution >= 4 is 23.3 Å². The van der Waals surface area contributed by atoms with Gasteiger partial charge in [0.15, 0.2) is 0 Å². The van der Waals surface area contributed by atoms with Gasteiger partial charge in [0.1, 0.15) is 11.9 Å². The van der Waals surface area contributed by atoms with Crippen molar-refractivity contribution < 1.29 is 14.0 Å². The van der Waals surface area contributed by atoms with Crippen LogP contribution in [0.5, 0.6) is 0 Å². The van der Waals surface area contributed by atoms with Crippen molar-refractivity contribution in [3.05, 3.63) is 59.4 Å². The molecular weight excluding hydrogens is 321 g/mol. The van der Waals surface area contributed by atoms with E-state index in [0.29, 0.717) is 17.8 Å². The lowest BCUT2D eigenvalue weighted by Gasteiger charge is -2.22. The number of hydrogen-bond acceptors (Lipinski definition) is 2. The van der Waals surface area contributed by atoms with E-state index in [9.17, 15) is 14.0 Å². The summed E-state index contributed by atoms with van der Waals surface area (Å²) in [5.74, 6) is -0.564. The fourth-order valence-electron chi connectivity index (χ4n) is 2.90. The summed E-state index contributed by atoms with van der Waals surface area (Å²) in [4.78, 5) is 26.4. The van der Waals surface area contributed by atoms with Crippen LogP contribution in [0, 0.1) is 12.7 Å². The van der Waals surface area contributed by atoms with Crippen LogP contribution in [0.4, 0.5) is 20.6 Å². The zero-order chi connectivity index (χ0) is 18.0. The van der Waals surface area contributed by atoms with E-state index in [1.165, 1.54) is 6.07 Å². The average molecular weight is 341 g/mol. The number of urea groups is 1. The number of nitrogens with one attached hydrogen (secondary N) is 2. The molecule has 1 aliphatic rings. The van der Waals surface area contributed by atoms with Gasteiger partial charge in [0, 0.05) is 17.9 Å². The highest BCUT2D eigenvalue weighted by Crippen LogP contribution is 2.27. The quantitative estimate of drug-likeness (QED) is 0.900. The van der Waals surface area contributed by atoms with Crippen LogP contribution in [0.3, 0.4) is 0 Å². The minimum absolute atomic E-state index is 0.171. The lowest BCUT2D eigenvalue weighted by Crippen LogP contribution is -2.47. The third-order valence-corrected chi connectivity index (χ3v) is 4.30. The predicted molar refractivity (Wildman–Crippen MR) is 95.3 cm³/mol. The maximum absolute atomic E-state index is 13.5. The highest BCUT2D eigenvalue weighted by molar-refractivity contribution is 6.01. The summed E-state index contributed by atoms with van der Waals surface area (Å²) in [6, 6.07) is 10.9. The van der Waals surface area contributed by atoms with E-state index in [2.05, 4.69) is 10.6 Å². The zero-order valence-corrected chi connectivity index (χ0v) is 14.2. The van der Waals surface area contributed by atoms with E-state index in [1.54, 1.807) is 30.9 Å². The van der Waals surface area contributed by atoms with Crippen molar-refractivity contribution in [1.29, 1.82) is 0 Å². The van der Waals surface area contributed by atoms with E-state index >= 15 is 0 Å². The van der Waals surface area contributed by atoms with Crippen LogP contribution >= 0.6 is 0 Å². The Kier molecular flexibility index (Phi) is 4.70. The summed E-state index contributed by atoms with van der Waals surface area (Å²) in [6.07, 6.45) is 0.809. The molecule has 0 radical (unpaired) electrons. The highest BCUT2D eigenvalue weighted by Gasteiger charge is 2.28. The molecule has 0 saturated carbocycles. The number of anilines is 2. The molecule has 0 fully saturated rings. The zero-order valence-electron chi connectivity index (χ0n) is 14.2. The Bertz CT molecular complexity index is 822. The number of benzene rings is 2. The number of nitrogens with zero attached hydrogens (tertiary/aromatic N) is 1. The molecule has 0 aromatic heterocycles. The van der Waals surface area contributed by atoms with Gasteiger partial charge in [-0.05, 0) is 49.6 Å². The molecule has 130 valence electrons. The van der Waals surface area contributed by atoms with Crippen LogP contribution in [-0.4, -0.2) is 24.5 Å². The van der Waals surface area contributed by atoms with Crippen molar-refractivity contribution in [2.24, 2.45) is 0 Å². The predicted octanol–water partition coefficient (Wildman–Crippen LogP) is 3.23. The number of halogens is 1. The van der Waals surface area contributed by atoms with Gasteiger partial charge in [-0.25, -0.2) is 9.18 Å². The van der Waals surface area contributed by atoms with Gasteiger partial charge < -0.3 is 15.5 Å². The number of carbonyl (C=O) groups excluding carboxylic acids is 2. The van der Waals surface area contributed by atoms with Gasteiger partial charge in [0.05, 0.1) is 0 Å². The van der Waals surface area contributed by atoms with Crippen molar-refractivity contribution in [3.8, 4) is 0 Å². The average Bonchev–Trinajstić information content (AvgIpc) is 3.01. The molecule has 6 heteroatoms. The number of fused-ring (bicyclic) bond motifs is 1. The number of hydrogen-bond donors (Lipinski definition) is 2. The van der Waals surface area contributed by atoms with E-state index < -0.39 is 17.9 Å². The Labute approximate surface area is 145 Å². The van der Waals surface area contributed by atoms with Crippen molar-refractivity contribution in [2.75, 3.05) is 16.8 Å². The molecule has 2 aromatic rings. The monoisotopic (exact) mass is 341 g/mol. The smallest absolute Gasteiger partial charge is 0.319 e. The normalized spacial score (nSPS) is 14.0. The largest absolute Gasteiger partial charge is 0.326 e. The van der Waals surface area contributed by atoms with Gasteiger partial charge >= 0.3 is 6.03 Å². The summed E-state index contributed by atoms with van der Waals surface area (Å²) in [5, 5.41) is 5.15. The molecule has 1 aliphatic heterocycles. The molecule has 0 saturated heterocycles. The number of aryl methyl sites for hydroxylation is 1. The molecule has 2 aromatic carbocycles. The molecule has 0 aliphatic carbocycles. The van der Waals surface area contributed by atoms with Crippen LogP contribution < -0.4 is 15.5 Å². The fraction of sp³-hybridized carbons (Fsp3) is 0.263. The van der Waals surface area contributed by atoms with E-state index in [-0.39, 0.29) is 5.91 Å². The Morgan fingerprint density at radius 1 is 1.20 bits per heavy atom. The van der Waals surface area contributed by atoms with Crippen molar-refractivity contribution in [3.63, 3.8) is 0 Å². The minimum atomic E-state index is -0.693. The first-order chi connectivity index (χ1) is 12.0. The number of carbonyl (C=O) groups is 2. The first kappa shape index (κ1) is 17.0. The van der Waals surface area contributed by atoms with Gasteiger partial charge in [-0.2, -0.15) is 0 Å². The molecule has 1 heterocycles. The van der Waals surface area contributed by atoms with Gasteiger partial charge in [0.2, 0.25) is 5.91 Å².